The Morgan fingerprint density at radius 3 is 3.00 bits per heavy atom. The van der Waals surface area contributed by atoms with Crippen molar-refractivity contribution in [3.8, 4) is 0 Å². The van der Waals surface area contributed by atoms with Crippen molar-refractivity contribution < 1.29 is 18.7 Å². The quantitative estimate of drug-likeness (QED) is 0.747. The number of morpholine rings is 1. The highest BCUT2D eigenvalue weighted by molar-refractivity contribution is 5.97. The highest BCUT2D eigenvalue weighted by Gasteiger charge is 2.24. The Morgan fingerprint density at radius 2 is 2.24 bits per heavy atom. The molecule has 0 saturated carbocycles. The van der Waals surface area contributed by atoms with Gasteiger partial charge in [-0.05, 0) is 24.1 Å². The number of halogens is 1. The fraction of sp³-hybridized carbons (Fsp3) is 0.429. The number of amides is 2. The van der Waals surface area contributed by atoms with Gasteiger partial charge in [0.2, 0.25) is 5.91 Å². The fourth-order valence-electron chi connectivity index (χ4n) is 2.44. The van der Waals surface area contributed by atoms with Crippen molar-refractivity contribution in [3.05, 3.63) is 23.5 Å². The van der Waals surface area contributed by atoms with Crippen LogP contribution in [0, 0.1) is 5.82 Å². The Kier molecular flexibility index (Phi) is 3.85. The van der Waals surface area contributed by atoms with E-state index in [0.29, 0.717) is 38.2 Å². The van der Waals surface area contributed by atoms with Gasteiger partial charge in [0.15, 0.2) is 0 Å². The molecule has 1 fully saturated rings. The van der Waals surface area contributed by atoms with Crippen LogP contribution in [0.3, 0.4) is 0 Å². The molecule has 1 unspecified atom stereocenters. The molecule has 2 aliphatic rings. The summed E-state index contributed by atoms with van der Waals surface area (Å²) in [6, 6.07) is 2.81. The lowest BCUT2D eigenvalue weighted by atomic mass is 10.0. The van der Waals surface area contributed by atoms with Gasteiger partial charge in [0.05, 0.1) is 12.3 Å². The summed E-state index contributed by atoms with van der Waals surface area (Å²) in [7, 11) is 0. The number of aryl methyl sites for hydroxylation is 1. The molecule has 3 N–H and O–H groups in total. The van der Waals surface area contributed by atoms with Gasteiger partial charge < -0.3 is 20.7 Å². The first-order valence-electron chi connectivity index (χ1n) is 6.89. The SMILES string of the molecule is O=C1CCc2cc(F)c(NC(=O)C3CNCCO3)cc2N1. The average Bonchev–Trinajstić information content (AvgIpc) is 2.49. The van der Waals surface area contributed by atoms with Gasteiger partial charge in [0, 0.05) is 25.2 Å². The molecule has 1 aromatic rings. The first-order valence-corrected chi connectivity index (χ1v) is 6.89. The maximum atomic E-state index is 14.0. The van der Waals surface area contributed by atoms with E-state index in [1.807, 2.05) is 0 Å². The third kappa shape index (κ3) is 3.03. The number of anilines is 2. The van der Waals surface area contributed by atoms with Crippen LogP contribution in [0.2, 0.25) is 0 Å². The second-order valence-corrected chi connectivity index (χ2v) is 5.09. The third-order valence-electron chi connectivity index (χ3n) is 3.57. The molecule has 0 aliphatic carbocycles. The number of rotatable bonds is 2. The predicted octanol–water partition coefficient (Wildman–Crippen LogP) is 0.637. The van der Waals surface area contributed by atoms with E-state index in [4.69, 9.17) is 4.74 Å². The Labute approximate surface area is 121 Å². The monoisotopic (exact) mass is 293 g/mol. The van der Waals surface area contributed by atoms with E-state index in [2.05, 4.69) is 16.0 Å². The first kappa shape index (κ1) is 14.0. The second-order valence-electron chi connectivity index (χ2n) is 5.09. The number of ether oxygens (including phenoxy) is 1. The largest absolute Gasteiger partial charge is 0.366 e. The van der Waals surface area contributed by atoms with Crippen LogP contribution in [0.1, 0.15) is 12.0 Å². The third-order valence-corrected chi connectivity index (χ3v) is 3.57. The summed E-state index contributed by atoms with van der Waals surface area (Å²) in [5.74, 6) is -1.02. The molecular weight excluding hydrogens is 277 g/mol. The van der Waals surface area contributed by atoms with Crippen molar-refractivity contribution in [1.29, 1.82) is 0 Å². The van der Waals surface area contributed by atoms with Crippen LogP contribution >= 0.6 is 0 Å². The van der Waals surface area contributed by atoms with Gasteiger partial charge in [-0.15, -0.1) is 0 Å². The number of carbonyl (C=O) groups excluding carboxylic acids is 2. The Hall–Kier alpha value is -1.99. The summed E-state index contributed by atoms with van der Waals surface area (Å²) in [6.45, 7) is 1.54. The average molecular weight is 293 g/mol. The molecule has 2 aliphatic heterocycles. The van der Waals surface area contributed by atoms with Crippen LogP contribution in [0.25, 0.3) is 0 Å². The van der Waals surface area contributed by atoms with Crippen LogP contribution < -0.4 is 16.0 Å². The lowest BCUT2D eigenvalue weighted by molar-refractivity contribution is -0.128. The first-order chi connectivity index (χ1) is 10.1. The number of nitrogens with one attached hydrogen (secondary N) is 3. The summed E-state index contributed by atoms with van der Waals surface area (Å²) in [5, 5.41) is 8.23. The molecule has 2 heterocycles. The lowest BCUT2D eigenvalue weighted by Crippen LogP contribution is -2.45. The molecule has 21 heavy (non-hydrogen) atoms. The summed E-state index contributed by atoms with van der Waals surface area (Å²) in [5.41, 5.74) is 1.33. The minimum atomic E-state index is -0.635. The van der Waals surface area contributed by atoms with Gasteiger partial charge in [-0.25, -0.2) is 4.39 Å². The Morgan fingerprint density at radius 1 is 1.38 bits per heavy atom. The van der Waals surface area contributed by atoms with E-state index in [1.165, 1.54) is 12.1 Å². The molecule has 0 aromatic heterocycles. The van der Waals surface area contributed by atoms with Gasteiger partial charge in [-0.3, -0.25) is 9.59 Å². The minimum Gasteiger partial charge on any atom is -0.366 e. The molecule has 3 rings (SSSR count). The van der Waals surface area contributed by atoms with E-state index < -0.39 is 17.8 Å². The van der Waals surface area contributed by atoms with E-state index >= 15 is 0 Å². The maximum absolute atomic E-state index is 14.0. The molecule has 0 spiro atoms. The molecule has 0 radical (unpaired) electrons. The normalized spacial score (nSPS) is 21.4. The van der Waals surface area contributed by atoms with Crippen LogP contribution in [0.15, 0.2) is 12.1 Å². The van der Waals surface area contributed by atoms with E-state index in [9.17, 15) is 14.0 Å². The van der Waals surface area contributed by atoms with Crippen molar-refractivity contribution in [2.24, 2.45) is 0 Å². The van der Waals surface area contributed by atoms with Gasteiger partial charge in [-0.1, -0.05) is 0 Å². The number of hydrogen-bond acceptors (Lipinski definition) is 4. The zero-order valence-electron chi connectivity index (χ0n) is 11.4. The van der Waals surface area contributed by atoms with Crippen molar-refractivity contribution in [2.45, 2.75) is 18.9 Å². The highest BCUT2D eigenvalue weighted by atomic mass is 19.1. The van der Waals surface area contributed by atoms with Crippen LogP contribution in [-0.2, 0) is 20.7 Å². The van der Waals surface area contributed by atoms with Gasteiger partial charge in [0.25, 0.3) is 5.91 Å². The molecule has 1 atom stereocenters. The maximum Gasteiger partial charge on any atom is 0.254 e. The summed E-state index contributed by atoms with van der Waals surface area (Å²) >= 11 is 0. The summed E-state index contributed by atoms with van der Waals surface area (Å²) in [4.78, 5) is 23.4. The van der Waals surface area contributed by atoms with Gasteiger partial charge >= 0.3 is 0 Å². The van der Waals surface area contributed by atoms with Crippen LogP contribution in [0.5, 0.6) is 0 Å². The van der Waals surface area contributed by atoms with Crippen LogP contribution in [-0.4, -0.2) is 37.6 Å². The molecular formula is C14H16FN3O3. The topological polar surface area (TPSA) is 79.5 Å². The predicted molar refractivity (Wildman–Crippen MR) is 74.6 cm³/mol. The zero-order chi connectivity index (χ0) is 14.8. The number of hydrogen-bond donors (Lipinski definition) is 3. The van der Waals surface area contributed by atoms with Crippen molar-refractivity contribution in [1.82, 2.24) is 5.32 Å². The molecule has 0 bridgehead atoms. The zero-order valence-corrected chi connectivity index (χ0v) is 11.4. The summed E-state index contributed by atoms with van der Waals surface area (Å²) in [6.07, 6.45) is 0.214. The number of fused-ring (bicyclic) bond motifs is 1. The van der Waals surface area contributed by atoms with E-state index in [-0.39, 0.29) is 11.6 Å². The lowest BCUT2D eigenvalue weighted by Gasteiger charge is -2.23. The van der Waals surface area contributed by atoms with Crippen LogP contribution in [0.4, 0.5) is 15.8 Å². The van der Waals surface area contributed by atoms with Crippen molar-refractivity contribution in [3.63, 3.8) is 0 Å². The van der Waals surface area contributed by atoms with Gasteiger partial charge in [0.1, 0.15) is 11.9 Å². The molecule has 6 nitrogen and oxygen atoms in total. The van der Waals surface area contributed by atoms with Gasteiger partial charge in [-0.2, -0.15) is 0 Å². The Balaban J connectivity index is 1.77. The minimum absolute atomic E-state index is 0.0510. The Bertz CT molecular complexity index is 585. The molecule has 1 saturated heterocycles. The standard InChI is InChI=1S/C14H16FN3O3/c15-9-5-8-1-2-13(19)17-10(8)6-11(9)18-14(20)12-7-16-3-4-21-12/h5-6,12,16H,1-4,7H2,(H,17,19)(H,18,20). The summed E-state index contributed by atoms with van der Waals surface area (Å²) < 4.78 is 19.3. The second kappa shape index (κ2) is 5.79. The molecule has 112 valence electrons. The smallest absolute Gasteiger partial charge is 0.254 e. The molecule has 2 amide bonds. The van der Waals surface area contributed by atoms with Crippen molar-refractivity contribution in [2.75, 3.05) is 30.3 Å². The number of benzene rings is 1. The molecule has 7 heteroatoms. The van der Waals surface area contributed by atoms with E-state index in [0.717, 1.165) is 5.56 Å². The van der Waals surface area contributed by atoms with Crippen molar-refractivity contribution >= 4 is 23.2 Å². The van der Waals surface area contributed by atoms with E-state index in [1.54, 1.807) is 0 Å². The molecule has 1 aromatic carbocycles. The fourth-order valence-corrected chi connectivity index (χ4v) is 2.44. The highest BCUT2D eigenvalue weighted by Crippen LogP contribution is 2.28. The number of carbonyl (C=O) groups is 2.